The molecule has 230 valence electrons. The first-order valence-electron chi connectivity index (χ1n) is 13.9. The predicted molar refractivity (Wildman–Crippen MR) is 140 cm³/mol. The fraction of sp³-hybridized carbons (Fsp3) is 0.778. The molecule has 0 aliphatic carbocycles. The molecule has 2 fully saturated rings. The number of nitrogens with one attached hydrogen (secondary N) is 1. The summed E-state index contributed by atoms with van der Waals surface area (Å²) in [4.78, 5) is 0. The fourth-order valence-corrected chi connectivity index (χ4v) is 5.34. The predicted octanol–water partition coefficient (Wildman–Crippen LogP) is -2.98. The lowest BCUT2D eigenvalue weighted by molar-refractivity contribution is -0.318. The molecule has 11 N–H and O–H groups in total. The zero-order valence-electron chi connectivity index (χ0n) is 22.3. The average Bonchev–Trinajstić information content (AvgIpc) is 3.28. The standard InChI is InChI=1S/C27H45NO12/c29-12-15-21(34)26(40-27-25(38)24(37)23(36)18(13-30)39-27)19(28-15)22(35)17(32)11-7-2-1-6-10-16(31)20(33)14-8-4-3-5-9-14/h3-5,8-9,15-38H,1-2,6-7,10-13H2/t15-,16?,17?,18-,19-,20?,21+,22-,23-,24+,25-,26-,27+/m1/s1. The van der Waals surface area contributed by atoms with E-state index in [-0.39, 0.29) is 6.42 Å². The second-order valence-electron chi connectivity index (χ2n) is 10.7. The van der Waals surface area contributed by atoms with E-state index in [1.54, 1.807) is 24.3 Å². The maximum Gasteiger partial charge on any atom is 0.187 e. The summed E-state index contributed by atoms with van der Waals surface area (Å²) in [5.41, 5.74) is 0.648. The molecule has 1 aromatic rings. The number of ether oxygens (including phenoxy) is 2. The third-order valence-corrected chi connectivity index (χ3v) is 7.86. The van der Waals surface area contributed by atoms with E-state index in [9.17, 15) is 51.1 Å². The van der Waals surface area contributed by atoms with E-state index in [1.165, 1.54) is 0 Å². The van der Waals surface area contributed by atoms with Gasteiger partial charge in [-0.3, -0.25) is 0 Å². The van der Waals surface area contributed by atoms with Crippen LogP contribution in [0.1, 0.15) is 50.2 Å². The number of aliphatic hydroxyl groups is 10. The van der Waals surface area contributed by atoms with Crippen molar-refractivity contribution in [1.29, 1.82) is 0 Å². The van der Waals surface area contributed by atoms with Crippen LogP contribution >= 0.6 is 0 Å². The summed E-state index contributed by atoms with van der Waals surface area (Å²) in [7, 11) is 0. The lowest BCUT2D eigenvalue weighted by Gasteiger charge is -2.41. The van der Waals surface area contributed by atoms with Crippen LogP contribution < -0.4 is 5.32 Å². The molecule has 2 saturated heterocycles. The van der Waals surface area contributed by atoms with E-state index < -0.39 is 92.6 Å². The molecule has 2 heterocycles. The molecule has 40 heavy (non-hydrogen) atoms. The van der Waals surface area contributed by atoms with Crippen molar-refractivity contribution < 1.29 is 60.5 Å². The van der Waals surface area contributed by atoms with Gasteiger partial charge in [0.2, 0.25) is 0 Å². The molecule has 2 aliphatic rings. The van der Waals surface area contributed by atoms with Crippen LogP contribution in [-0.4, -0.2) is 138 Å². The van der Waals surface area contributed by atoms with Crippen LogP contribution in [0, 0.1) is 0 Å². The van der Waals surface area contributed by atoms with Gasteiger partial charge in [-0.15, -0.1) is 0 Å². The zero-order chi connectivity index (χ0) is 29.4. The van der Waals surface area contributed by atoms with Crippen LogP contribution in [-0.2, 0) is 9.47 Å². The van der Waals surface area contributed by atoms with Crippen LogP contribution in [0.4, 0.5) is 0 Å². The van der Waals surface area contributed by atoms with Crippen molar-refractivity contribution in [2.24, 2.45) is 0 Å². The molecule has 0 radical (unpaired) electrons. The largest absolute Gasteiger partial charge is 0.395 e. The Bertz CT molecular complexity index is 850. The van der Waals surface area contributed by atoms with Crippen molar-refractivity contribution in [3.63, 3.8) is 0 Å². The third-order valence-electron chi connectivity index (χ3n) is 7.86. The number of unbranched alkanes of at least 4 members (excludes halogenated alkanes) is 3. The molecule has 0 aromatic heterocycles. The molecule has 2 aliphatic heterocycles. The molecule has 13 nitrogen and oxygen atoms in total. The second kappa shape index (κ2) is 15.8. The van der Waals surface area contributed by atoms with E-state index in [0.717, 1.165) is 6.42 Å². The van der Waals surface area contributed by atoms with E-state index >= 15 is 0 Å². The van der Waals surface area contributed by atoms with E-state index in [0.29, 0.717) is 31.2 Å². The van der Waals surface area contributed by atoms with E-state index in [4.69, 9.17) is 9.47 Å². The molecule has 3 unspecified atom stereocenters. The molecule has 13 heteroatoms. The van der Waals surface area contributed by atoms with Crippen molar-refractivity contribution in [2.75, 3.05) is 13.2 Å². The molecule has 0 bridgehead atoms. The van der Waals surface area contributed by atoms with E-state index in [2.05, 4.69) is 5.32 Å². The van der Waals surface area contributed by atoms with Gasteiger partial charge in [-0.25, -0.2) is 0 Å². The SMILES string of the molecule is OC[C@H]1N[C@H]([C@H](O)C(O)CCCCCCC(O)C(O)c2ccccc2)[C@@H](O[C@@H]2O[C@H](CO)[C@@H](O)[C@H](O)[C@H]2O)[C@H]1O. The minimum Gasteiger partial charge on any atom is -0.395 e. The van der Waals surface area contributed by atoms with Gasteiger partial charge in [0.15, 0.2) is 6.29 Å². The van der Waals surface area contributed by atoms with Crippen molar-refractivity contribution >= 4 is 0 Å². The van der Waals surface area contributed by atoms with Gasteiger partial charge in [0.1, 0.15) is 36.6 Å². The highest BCUT2D eigenvalue weighted by Gasteiger charge is 2.51. The highest BCUT2D eigenvalue weighted by atomic mass is 16.7. The summed E-state index contributed by atoms with van der Waals surface area (Å²) in [6.45, 7) is -1.19. The zero-order valence-corrected chi connectivity index (χ0v) is 22.3. The van der Waals surface area contributed by atoms with Gasteiger partial charge in [0.05, 0.1) is 49.7 Å². The molecule has 3 rings (SSSR count). The summed E-state index contributed by atoms with van der Waals surface area (Å²) in [5.74, 6) is 0. The normalized spacial score (nSPS) is 35.8. The number of benzene rings is 1. The maximum atomic E-state index is 10.9. The van der Waals surface area contributed by atoms with Gasteiger partial charge in [0, 0.05) is 0 Å². The summed E-state index contributed by atoms with van der Waals surface area (Å²) in [5, 5.41) is 105. The Hall–Kier alpha value is -1.30. The number of aliphatic hydroxyl groups excluding tert-OH is 10. The highest BCUT2D eigenvalue weighted by molar-refractivity contribution is 5.18. The smallest absolute Gasteiger partial charge is 0.187 e. The van der Waals surface area contributed by atoms with Crippen molar-refractivity contribution in [2.45, 2.75) is 118 Å². The van der Waals surface area contributed by atoms with Crippen LogP contribution in [0.25, 0.3) is 0 Å². The summed E-state index contributed by atoms with van der Waals surface area (Å²) >= 11 is 0. The molecule has 0 amide bonds. The molecular weight excluding hydrogens is 530 g/mol. The van der Waals surface area contributed by atoms with Crippen molar-refractivity contribution in [3.05, 3.63) is 35.9 Å². The van der Waals surface area contributed by atoms with Gasteiger partial charge in [-0.05, 0) is 18.4 Å². The topological polar surface area (TPSA) is 233 Å². The Kier molecular flexibility index (Phi) is 13.1. The molecular formula is C27H45NO12. The summed E-state index contributed by atoms with van der Waals surface area (Å²) in [6.07, 6.45) is -11.8. The van der Waals surface area contributed by atoms with Crippen LogP contribution in [0.5, 0.6) is 0 Å². The highest BCUT2D eigenvalue weighted by Crippen LogP contribution is 2.29. The first kappa shape index (κ1) is 33.2. The maximum absolute atomic E-state index is 10.9. The Labute approximate surface area is 233 Å². The monoisotopic (exact) mass is 575 g/mol. The lowest BCUT2D eigenvalue weighted by Crippen LogP contribution is -2.61. The minimum atomic E-state index is -1.73. The lowest BCUT2D eigenvalue weighted by atomic mass is 9.95. The molecule has 0 spiro atoms. The Morgan fingerprint density at radius 3 is 1.98 bits per heavy atom. The van der Waals surface area contributed by atoms with Crippen LogP contribution in [0.15, 0.2) is 30.3 Å². The van der Waals surface area contributed by atoms with Gasteiger partial charge in [-0.1, -0.05) is 56.0 Å². The quantitative estimate of drug-likeness (QED) is 0.0939. The number of hydrogen-bond acceptors (Lipinski definition) is 13. The Balaban J connectivity index is 1.47. The second-order valence-corrected chi connectivity index (χ2v) is 10.7. The minimum absolute atomic E-state index is 0.210. The number of rotatable bonds is 15. The fourth-order valence-electron chi connectivity index (χ4n) is 5.34. The van der Waals surface area contributed by atoms with Crippen molar-refractivity contribution in [3.8, 4) is 0 Å². The van der Waals surface area contributed by atoms with Gasteiger partial charge in [-0.2, -0.15) is 0 Å². The Morgan fingerprint density at radius 2 is 1.38 bits per heavy atom. The summed E-state index contributed by atoms with van der Waals surface area (Å²) < 4.78 is 11.0. The van der Waals surface area contributed by atoms with Crippen molar-refractivity contribution in [1.82, 2.24) is 5.32 Å². The molecule has 13 atom stereocenters. The molecule has 1 aromatic carbocycles. The summed E-state index contributed by atoms with van der Waals surface area (Å²) in [6, 6.07) is 6.92. The molecule has 0 saturated carbocycles. The van der Waals surface area contributed by atoms with Gasteiger partial charge < -0.3 is 65.9 Å². The Morgan fingerprint density at radius 1 is 0.750 bits per heavy atom. The van der Waals surface area contributed by atoms with Gasteiger partial charge in [0.25, 0.3) is 0 Å². The van der Waals surface area contributed by atoms with E-state index in [1.807, 2.05) is 6.07 Å². The first-order chi connectivity index (χ1) is 19.1. The number of hydrogen-bond donors (Lipinski definition) is 11. The third kappa shape index (κ3) is 8.16. The van der Waals surface area contributed by atoms with Gasteiger partial charge >= 0.3 is 0 Å². The van der Waals surface area contributed by atoms with Crippen LogP contribution in [0.2, 0.25) is 0 Å². The average molecular weight is 576 g/mol. The first-order valence-corrected chi connectivity index (χ1v) is 13.9. The van der Waals surface area contributed by atoms with Crippen LogP contribution in [0.3, 0.4) is 0 Å².